The first-order valence-corrected chi connectivity index (χ1v) is 8.70. The van der Waals surface area contributed by atoms with Crippen LogP contribution in [0.5, 0.6) is 0 Å². The highest BCUT2D eigenvalue weighted by Gasteiger charge is 2.24. The molecule has 1 heterocycles. The molecular weight excluding hydrogens is 336 g/mol. The molecule has 0 aromatic heterocycles. The van der Waals surface area contributed by atoms with E-state index in [9.17, 15) is 0 Å². The second kappa shape index (κ2) is 6.43. The second-order valence-corrected chi connectivity index (χ2v) is 6.95. The topological polar surface area (TPSA) is 6.48 Å². The van der Waals surface area contributed by atoms with Crippen molar-refractivity contribution in [1.29, 1.82) is 0 Å². The molecule has 116 valence electrons. The molecule has 2 aromatic carbocycles. The summed E-state index contributed by atoms with van der Waals surface area (Å²) >= 11 is 3.81. The first kappa shape index (κ1) is 15.6. The fourth-order valence-corrected chi connectivity index (χ4v) is 4.21. The van der Waals surface area contributed by atoms with Gasteiger partial charge in [-0.15, -0.1) is 0 Å². The van der Waals surface area contributed by atoms with Gasteiger partial charge in [0.2, 0.25) is 0 Å². The first-order chi connectivity index (χ1) is 10.6. The molecule has 0 saturated heterocycles. The summed E-state index contributed by atoms with van der Waals surface area (Å²) < 4.78 is 1.19. The zero-order valence-electron chi connectivity index (χ0n) is 13.6. The molecule has 0 unspecified atom stereocenters. The highest BCUT2D eigenvalue weighted by atomic mass is 79.9. The van der Waals surface area contributed by atoms with E-state index in [4.69, 9.17) is 0 Å². The van der Waals surface area contributed by atoms with Crippen molar-refractivity contribution in [3.8, 4) is 11.1 Å². The van der Waals surface area contributed by atoms with Gasteiger partial charge in [-0.2, -0.15) is 0 Å². The predicted molar refractivity (Wildman–Crippen MR) is 98.6 cm³/mol. The third-order valence-corrected chi connectivity index (χ3v) is 5.12. The number of anilines is 1. The minimum absolute atomic E-state index is 1.04. The number of hydrogen-bond acceptors (Lipinski definition) is 2. The van der Waals surface area contributed by atoms with Crippen LogP contribution in [0.25, 0.3) is 11.1 Å². The van der Waals surface area contributed by atoms with Crippen LogP contribution in [-0.2, 0) is 13.0 Å². The molecule has 3 rings (SSSR count). The summed E-state index contributed by atoms with van der Waals surface area (Å²) in [6, 6.07) is 13.0. The minimum atomic E-state index is 1.04. The third-order valence-electron chi connectivity index (χ3n) is 4.51. The van der Waals surface area contributed by atoms with Crippen LogP contribution in [0.1, 0.15) is 18.1 Å². The number of likely N-dealkylation sites (N-methyl/N-ethyl adjacent to an activating group) is 1. The molecule has 3 heteroatoms. The summed E-state index contributed by atoms with van der Waals surface area (Å²) in [6.45, 7) is 5.55. The van der Waals surface area contributed by atoms with Crippen molar-refractivity contribution in [2.24, 2.45) is 0 Å². The molecule has 2 aromatic rings. The summed E-state index contributed by atoms with van der Waals surface area (Å²) in [6.07, 6.45) is 1.13. The minimum Gasteiger partial charge on any atom is -0.376 e. The van der Waals surface area contributed by atoms with Crippen LogP contribution in [-0.4, -0.2) is 32.1 Å². The lowest BCUT2D eigenvalue weighted by atomic mass is 9.89. The maximum atomic E-state index is 3.81. The average Bonchev–Trinajstić information content (AvgIpc) is 2.53. The number of hydrogen-bond donors (Lipinski definition) is 0. The average molecular weight is 359 g/mol. The molecule has 0 N–H and O–H groups in total. The maximum Gasteiger partial charge on any atom is 0.0554 e. The normalized spacial score (nSPS) is 14.7. The monoisotopic (exact) mass is 358 g/mol. The summed E-state index contributed by atoms with van der Waals surface area (Å²) in [5.41, 5.74) is 7.01. The molecule has 0 fully saturated rings. The third kappa shape index (κ3) is 2.80. The van der Waals surface area contributed by atoms with Gasteiger partial charge in [0.05, 0.1) is 5.69 Å². The molecular formula is C19H23BrN2. The van der Waals surface area contributed by atoms with Crippen molar-refractivity contribution >= 4 is 21.6 Å². The molecule has 0 spiro atoms. The number of benzene rings is 2. The van der Waals surface area contributed by atoms with Crippen LogP contribution < -0.4 is 4.90 Å². The fourth-order valence-electron chi connectivity index (χ4n) is 3.39. The van der Waals surface area contributed by atoms with Crippen LogP contribution in [0.3, 0.4) is 0 Å². The van der Waals surface area contributed by atoms with E-state index in [1.165, 1.54) is 32.4 Å². The van der Waals surface area contributed by atoms with Crippen LogP contribution in [0.4, 0.5) is 5.69 Å². The van der Waals surface area contributed by atoms with E-state index >= 15 is 0 Å². The van der Waals surface area contributed by atoms with Crippen molar-refractivity contribution in [3.63, 3.8) is 0 Å². The van der Waals surface area contributed by atoms with E-state index in [0.29, 0.717) is 0 Å². The molecule has 0 amide bonds. The highest BCUT2D eigenvalue weighted by molar-refractivity contribution is 9.10. The Morgan fingerprint density at radius 2 is 1.86 bits per heavy atom. The van der Waals surface area contributed by atoms with E-state index in [2.05, 4.69) is 83.1 Å². The van der Waals surface area contributed by atoms with E-state index < -0.39 is 0 Å². The molecule has 0 aliphatic carbocycles. The number of rotatable bonds is 3. The lowest BCUT2D eigenvalue weighted by Crippen LogP contribution is -2.32. The number of halogens is 1. The van der Waals surface area contributed by atoms with Crippen molar-refractivity contribution < 1.29 is 0 Å². The van der Waals surface area contributed by atoms with E-state index in [1.54, 1.807) is 0 Å². The largest absolute Gasteiger partial charge is 0.376 e. The second-order valence-electron chi connectivity index (χ2n) is 6.09. The lowest BCUT2D eigenvalue weighted by Gasteiger charge is -2.33. The van der Waals surface area contributed by atoms with Gasteiger partial charge in [0, 0.05) is 31.7 Å². The van der Waals surface area contributed by atoms with Crippen LogP contribution in [0.15, 0.2) is 40.9 Å². The maximum absolute atomic E-state index is 3.81. The Morgan fingerprint density at radius 3 is 2.50 bits per heavy atom. The van der Waals surface area contributed by atoms with Crippen LogP contribution >= 0.6 is 15.9 Å². The zero-order chi connectivity index (χ0) is 15.7. The van der Waals surface area contributed by atoms with Gasteiger partial charge in [-0.05, 0) is 57.2 Å². The van der Waals surface area contributed by atoms with Crippen LogP contribution in [0.2, 0.25) is 0 Å². The summed E-state index contributed by atoms with van der Waals surface area (Å²) in [5, 5.41) is 0. The quantitative estimate of drug-likeness (QED) is 0.793. The van der Waals surface area contributed by atoms with Crippen LogP contribution in [0, 0.1) is 0 Å². The molecule has 2 nitrogen and oxygen atoms in total. The van der Waals surface area contributed by atoms with Gasteiger partial charge in [0.15, 0.2) is 0 Å². The molecule has 0 bridgehead atoms. The Labute approximate surface area is 141 Å². The van der Waals surface area contributed by atoms with Gasteiger partial charge in [0.25, 0.3) is 0 Å². The summed E-state index contributed by atoms with van der Waals surface area (Å²) in [5.74, 6) is 0. The Kier molecular flexibility index (Phi) is 4.55. The van der Waals surface area contributed by atoms with Crippen molar-refractivity contribution in [2.45, 2.75) is 19.9 Å². The molecule has 0 atom stereocenters. The Morgan fingerprint density at radius 1 is 1.14 bits per heavy atom. The molecule has 0 saturated carbocycles. The Hall–Kier alpha value is -1.32. The molecule has 1 aliphatic heterocycles. The molecule has 22 heavy (non-hydrogen) atoms. The zero-order valence-corrected chi connectivity index (χ0v) is 15.2. The van der Waals surface area contributed by atoms with Crippen molar-refractivity contribution in [2.75, 3.05) is 32.1 Å². The van der Waals surface area contributed by atoms with Gasteiger partial charge < -0.3 is 4.90 Å². The van der Waals surface area contributed by atoms with Crippen molar-refractivity contribution in [1.82, 2.24) is 4.90 Å². The SMILES string of the molecule is CCN1CCc2c(-c3ccccc3)cc(Br)c(N(C)C)c2C1. The van der Waals surface area contributed by atoms with Gasteiger partial charge in [-0.1, -0.05) is 37.3 Å². The summed E-state index contributed by atoms with van der Waals surface area (Å²) in [7, 11) is 4.26. The molecule has 1 aliphatic rings. The summed E-state index contributed by atoms with van der Waals surface area (Å²) in [4.78, 5) is 4.76. The van der Waals surface area contributed by atoms with Gasteiger partial charge >= 0.3 is 0 Å². The van der Waals surface area contributed by atoms with Crippen molar-refractivity contribution in [3.05, 3.63) is 52.0 Å². The number of fused-ring (bicyclic) bond motifs is 1. The van der Waals surface area contributed by atoms with Gasteiger partial charge in [0.1, 0.15) is 0 Å². The fraction of sp³-hybridized carbons (Fsp3) is 0.368. The van der Waals surface area contributed by atoms with E-state index in [1.807, 2.05) is 0 Å². The van der Waals surface area contributed by atoms with Gasteiger partial charge in [-0.25, -0.2) is 0 Å². The Balaban J connectivity index is 2.20. The molecule has 0 radical (unpaired) electrons. The predicted octanol–water partition coefficient (Wildman–Crippen LogP) is 4.56. The number of nitrogens with zero attached hydrogens (tertiary/aromatic N) is 2. The highest BCUT2D eigenvalue weighted by Crippen LogP contribution is 2.40. The Bertz CT molecular complexity index is 665. The smallest absolute Gasteiger partial charge is 0.0554 e. The first-order valence-electron chi connectivity index (χ1n) is 7.91. The van der Waals surface area contributed by atoms with E-state index in [-0.39, 0.29) is 0 Å². The standard InChI is InChI=1S/C19H23BrN2/c1-4-22-11-10-15-16(14-8-6-5-7-9-14)12-18(20)19(21(2)3)17(15)13-22/h5-9,12H,4,10-11,13H2,1-3H3. The van der Waals surface area contributed by atoms with E-state index in [0.717, 1.165) is 26.1 Å². The van der Waals surface area contributed by atoms with Gasteiger partial charge in [-0.3, -0.25) is 4.90 Å². The lowest BCUT2D eigenvalue weighted by molar-refractivity contribution is 0.268.